The molecule has 0 heterocycles. The molecule has 0 saturated carbocycles. The van der Waals surface area contributed by atoms with Crippen LogP contribution in [-0.2, 0) is 0 Å². The minimum atomic E-state index is 0.210. The molecule has 0 bridgehead atoms. The predicted molar refractivity (Wildman–Crippen MR) is 252 cm³/mol. The first-order chi connectivity index (χ1) is 29.4. The van der Waals surface area contributed by atoms with Gasteiger partial charge in [-0.1, -0.05) is 144 Å². The third-order valence-electron chi connectivity index (χ3n) is 9.06. The maximum atomic E-state index is 9.39. The average molecular weight is 899 g/mol. The van der Waals surface area contributed by atoms with Crippen LogP contribution in [0.4, 0.5) is 0 Å². The number of phenols is 2. The Balaban J connectivity index is 0.000000285. The number of aromatic hydroxyl groups is 2. The van der Waals surface area contributed by atoms with Gasteiger partial charge in [-0.15, -0.1) is 0 Å². The summed E-state index contributed by atoms with van der Waals surface area (Å²) >= 11 is 6.53. The van der Waals surface area contributed by atoms with Crippen LogP contribution in [0.2, 0.25) is 0 Å². The summed E-state index contributed by atoms with van der Waals surface area (Å²) < 4.78 is 1.29. The van der Waals surface area contributed by atoms with Gasteiger partial charge < -0.3 is 10.2 Å². The topological polar surface area (TPSA) is 40.5 Å². The molecule has 60 heavy (non-hydrogen) atoms. The van der Waals surface area contributed by atoms with Crippen molar-refractivity contribution in [2.24, 2.45) is 0 Å². The fraction of sp³-hybridized carbons (Fsp3) is 0. The van der Waals surface area contributed by atoms with Crippen molar-refractivity contribution in [2.45, 2.75) is 0 Å². The van der Waals surface area contributed by atoms with E-state index in [0.29, 0.717) is 8.95 Å². The predicted octanol–water partition coefficient (Wildman–Crippen LogP) is 13.2. The summed E-state index contributed by atoms with van der Waals surface area (Å²) in [7, 11) is 0. The van der Waals surface area contributed by atoms with Gasteiger partial charge in [-0.2, -0.15) is 0 Å². The number of hydrogen-bond donors (Lipinski definition) is 2. The monoisotopic (exact) mass is 896 g/mol. The van der Waals surface area contributed by atoms with Crippen molar-refractivity contribution in [1.82, 2.24) is 0 Å². The Bertz CT molecular complexity index is 2810. The summed E-state index contributed by atoms with van der Waals surface area (Å²) in [6.07, 6.45) is 0. The lowest BCUT2D eigenvalue weighted by molar-refractivity contribution is 0.471. The van der Waals surface area contributed by atoms with Crippen LogP contribution in [0.3, 0.4) is 0 Å². The highest BCUT2D eigenvalue weighted by Crippen LogP contribution is 2.33. The highest BCUT2D eigenvalue weighted by Gasteiger charge is 2.08. The smallest absolute Gasteiger partial charge is 0.129 e. The van der Waals surface area contributed by atoms with Gasteiger partial charge in [0.2, 0.25) is 0 Å². The quantitative estimate of drug-likeness (QED) is 0.170. The molecule has 284 valence electrons. The first-order valence-corrected chi connectivity index (χ1v) is 20.5. The number of benzene rings is 8. The maximum Gasteiger partial charge on any atom is 0.129 e. The Kier molecular flexibility index (Phi) is 13.8. The molecule has 2 N–H and O–H groups in total. The zero-order valence-electron chi connectivity index (χ0n) is 32.1. The van der Waals surface area contributed by atoms with Crippen molar-refractivity contribution < 1.29 is 10.2 Å². The van der Waals surface area contributed by atoms with Crippen LogP contribution in [0, 0.1) is 47.4 Å². The molecule has 0 radical (unpaired) electrons. The van der Waals surface area contributed by atoms with Crippen LogP contribution in [0.25, 0.3) is 22.3 Å². The lowest BCUT2D eigenvalue weighted by atomic mass is 9.95. The van der Waals surface area contributed by atoms with Gasteiger partial charge in [-0.25, -0.2) is 0 Å². The van der Waals surface area contributed by atoms with Gasteiger partial charge in [0.1, 0.15) is 11.5 Å². The van der Waals surface area contributed by atoms with Crippen LogP contribution in [0.1, 0.15) is 44.5 Å². The van der Waals surface area contributed by atoms with Gasteiger partial charge in [-0.05, 0) is 151 Å². The van der Waals surface area contributed by atoms with Crippen LogP contribution < -0.4 is 0 Å². The molecule has 0 aliphatic rings. The third-order valence-corrected chi connectivity index (χ3v) is 10.3. The second-order valence-electron chi connectivity index (χ2n) is 13.3. The summed E-state index contributed by atoms with van der Waals surface area (Å²) in [6, 6.07) is 63.1. The fourth-order valence-corrected chi connectivity index (χ4v) is 6.65. The minimum absolute atomic E-state index is 0.210. The molecule has 0 aliphatic heterocycles. The summed E-state index contributed by atoms with van der Waals surface area (Å²) in [4.78, 5) is 0. The van der Waals surface area contributed by atoms with Gasteiger partial charge in [0.15, 0.2) is 0 Å². The SMILES string of the molecule is C(#Cc1ccc(-c2ccc(C#Cc3ccccc3)c(C#Cc3ccccc3)c2)cc1C#Cc1ccccc1)c1ccccc1.Oc1ccc(-c2ccc(O)c(Br)c2)cc1Br. The Hall–Kier alpha value is -7.44. The first kappa shape index (κ1) is 40.7. The van der Waals surface area contributed by atoms with E-state index in [1.165, 1.54) is 0 Å². The van der Waals surface area contributed by atoms with Crippen molar-refractivity contribution >= 4 is 31.9 Å². The molecule has 0 fully saturated rings. The molecular weight excluding hydrogens is 864 g/mol. The van der Waals surface area contributed by atoms with Gasteiger partial charge in [0.05, 0.1) is 8.95 Å². The standard InChI is InChI=1S/C44H26.C12H8Br2O2/c1-5-13-35(14-6-1)21-25-39-29-31-43(33-41(39)27-23-37-17-9-3-10-18-37)44-32-30-40(26-22-36-15-7-2-8-16-36)42(34-44)28-24-38-19-11-4-12-20-38;13-9-5-7(1-3-11(9)15)8-2-4-12(16)10(14)6-8/h1-20,29-34H;1-6,15-16H. The van der Waals surface area contributed by atoms with E-state index in [1.807, 2.05) is 146 Å². The molecule has 0 saturated heterocycles. The number of phenolic OH excluding ortho intramolecular Hbond substituents is 2. The van der Waals surface area contributed by atoms with E-state index >= 15 is 0 Å². The van der Waals surface area contributed by atoms with E-state index in [1.54, 1.807) is 12.1 Å². The summed E-state index contributed by atoms with van der Waals surface area (Å²) in [5.74, 6) is 27.1. The van der Waals surface area contributed by atoms with Gasteiger partial charge in [0.25, 0.3) is 0 Å². The van der Waals surface area contributed by atoms with Gasteiger partial charge in [-0.3, -0.25) is 0 Å². The molecule has 8 rings (SSSR count). The second kappa shape index (κ2) is 20.3. The van der Waals surface area contributed by atoms with Crippen molar-refractivity contribution in [3.63, 3.8) is 0 Å². The number of halogens is 2. The molecule has 0 aromatic heterocycles. The molecule has 0 spiro atoms. The summed E-state index contributed by atoms with van der Waals surface area (Å²) in [6.45, 7) is 0. The van der Waals surface area contributed by atoms with Crippen molar-refractivity contribution in [3.8, 4) is 81.1 Å². The molecule has 0 aliphatic carbocycles. The molecular formula is C56H34Br2O2. The molecule has 0 atom stereocenters. The van der Waals surface area contributed by atoms with Crippen LogP contribution in [-0.4, -0.2) is 10.2 Å². The summed E-state index contributed by atoms with van der Waals surface area (Å²) in [5, 5.41) is 18.8. The van der Waals surface area contributed by atoms with E-state index in [4.69, 9.17) is 0 Å². The fourth-order valence-electron chi connectivity index (χ4n) is 5.89. The number of rotatable bonds is 2. The van der Waals surface area contributed by atoms with E-state index in [9.17, 15) is 10.2 Å². The highest BCUT2D eigenvalue weighted by atomic mass is 79.9. The maximum absolute atomic E-state index is 9.39. The normalized spacial score (nSPS) is 9.77. The molecule has 4 heteroatoms. The summed E-state index contributed by atoms with van der Waals surface area (Å²) in [5.41, 5.74) is 11.4. The van der Waals surface area contributed by atoms with E-state index in [-0.39, 0.29) is 11.5 Å². The van der Waals surface area contributed by atoms with Crippen molar-refractivity contribution in [2.75, 3.05) is 0 Å². The second-order valence-corrected chi connectivity index (χ2v) is 15.0. The minimum Gasteiger partial charge on any atom is -0.507 e. The lowest BCUT2D eigenvalue weighted by Crippen LogP contribution is -1.90. The molecule has 0 unspecified atom stereocenters. The van der Waals surface area contributed by atoms with Crippen molar-refractivity contribution in [3.05, 3.63) is 248 Å². The average Bonchev–Trinajstić information content (AvgIpc) is 3.30. The van der Waals surface area contributed by atoms with Crippen molar-refractivity contribution in [1.29, 1.82) is 0 Å². The van der Waals surface area contributed by atoms with E-state index < -0.39 is 0 Å². The zero-order valence-corrected chi connectivity index (χ0v) is 35.3. The Labute approximate surface area is 368 Å². The zero-order chi connectivity index (χ0) is 41.5. The van der Waals surface area contributed by atoms with Crippen LogP contribution >= 0.6 is 31.9 Å². The Morgan fingerprint density at radius 1 is 0.267 bits per heavy atom. The Morgan fingerprint density at radius 3 is 0.833 bits per heavy atom. The van der Waals surface area contributed by atoms with Gasteiger partial charge >= 0.3 is 0 Å². The molecule has 8 aromatic rings. The van der Waals surface area contributed by atoms with Crippen LogP contribution in [0.5, 0.6) is 11.5 Å². The molecule has 2 nitrogen and oxygen atoms in total. The first-order valence-electron chi connectivity index (χ1n) is 18.9. The molecule has 8 aromatic carbocycles. The Morgan fingerprint density at radius 2 is 0.533 bits per heavy atom. The van der Waals surface area contributed by atoms with Gasteiger partial charge in [0, 0.05) is 44.5 Å². The lowest BCUT2D eigenvalue weighted by Gasteiger charge is -2.07. The highest BCUT2D eigenvalue weighted by molar-refractivity contribution is 9.11. The van der Waals surface area contributed by atoms with E-state index in [0.717, 1.165) is 66.8 Å². The molecule has 0 amide bonds. The van der Waals surface area contributed by atoms with E-state index in [2.05, 4.69) is 116 Å². The largest absolute Gasteiger partial charge is 0.507 e. The number of hydrogen-bond acceptors (Lipinski definition) is 2. The van der Waals surface area contributed by atoms with Crippen LogP contribution in [0.15, 0.2) is 203 Å². The third kappa shape index (κ3) is 11.4.